The Bertz CT molecular complexity index is 1080. The fourth-order valence-electron chi connectivity index (χ4n) is 3.31. The first-order valence-corrected chi connectivity index (χ1v) is 9.36. The van der Waals surface area contributed by atoms with Gasteiger partial charge in [0.15, 0.2) is 11.5 Å². The van der Waals surface area contributed by atoms with Crippen LogP contribution in [0.1, 0.15) is 11.6 Å². The van der Waals surface area contributed by atoms with Crippen molar-refractivity contribution in [3.05, 3.63) is 53.4 Å². The second kappa shape index (κ2) is 6.71. The van der Waals surface area contributed by atoms with Crippen LogP contribution in [0.2, 0.25) is 0 Å². The Morgan fingerprint density at radius 2 is 2.11 bits per heavy atom. The summed E-state index contributed by atoms with van der Waals surface area (Å²) >= 11 is 3.40. The number of aromatic amines is 1. The molecule has 0 amide bonds. The van der Waals surface area contributed by atoms with Crippen LogP contribution in [0, 0.1) is 0 Å². The van der Waals surface area contributed by atoms with Crippen LogP contribution in [0.3, 0.4) is 0 Å². The van der Waals surface area contributed by atoms with Gasteiger partial charge in [-0.25, -0.2) is 19.9 Å². The highest BCUT2D eigenvalue weighted by molar-refractivity contribution is 9.10. The van der Waals surface area contributed by atoms with Crippen LogP contribution >= 0.6 is 15.9 Å². The number of fused-ring (bicyclic) bond motifs is 1. The van der Waals surface area contributed by atoms with Gasteiger partial charge >= 0.3 is 0 Å². The van der Waals surface area contributed by atoms with Crippen molar-refractivity contribution in [3.8, 4) is 11.5 Å². The van der Waals surface area contributed by atoms with Gasteiger partial charge in [0, 0.05) is 43.8 Å². The number of hydrogen-bond donors (Lipinski definition) is 2. The number of piperazine rings is 1. The van der Waals surface area contributed by atoms with Gasteiger partial charge in [0.25, 0.3) is 0 Å². The van der Waals surface area contributed by atoms with E-state index in [2.05, 4.69) is 51.3 Å². The first-order valence-electron chi connectivity index (χ1n) is 8.57. The molecule has 0 saturated carbocycles. The number of aromatic nitrogens is 7. The molecule has 0 radical (unpaired) electrons. The van der Waals surface area contributed by atoms with Crippen LogP contribution in [0.4, 0.5) is 5.82 Å². The van der Waals surface area contributed by atoms with Crippen molar-refractivity contribution in [2.45, 2.75) is 6.04 Å². The van der Waals surface area contributed by atoms with Crippen molar-refractivity contribution >= 4 is 27.4 Å². The van der Waals surface area contributed by atoms with Gasteiger partial charge < -0.3 is 10.2 Å². The molecular formula is C17H16BrN9. The molecular weight excluding hydrogens is 410 g/mol. The van der Waals surface area contributed by atoms with E-state index in [-0.39, 0.29) is 6.04 Å². The van der Waals surface area contributed by atoms with Crippen LogP contribution in [0.5, 0.6) is 0 Å². The molecule has 9 nitrogen and oxygen atoms in total. The zero-order chi connectivity index (χ0) is 18.2. The quantitative estimate of drug-likeness (QED) is 0.516. The van der Waals surface area contributed by atoms with Crippen molar-refractivity contribution < 1.29 is 0 Å². The minimum absolute atomic E-state index is 0.216. The highest BCUT2D eigenvalue weighted by Gasteiger charge is 2.23. The van der Waals surface area contributed by atoms with E-state index >= 15 is 0 Å². The predicted octanol–water partition coefficient (Wildman–Crippen LogP) is 1.82. The third kappa shape index (κ3) is 3.06. The molecule has 5 rings (SSSR count). The van der Waals surface area contributed by atoms with Crippen LogP contribution in [-0.2, 0) is 0 Å². The van der Waals surface area contributed by atoms with Gasteiger partial charge in [0.05, 0.1) is 24.6 Å². The summed E-state index contributed by atoms with van der Waals surface area (Å²) in [6.45, 7) is 2.58. The van der Waals surface area contributed by atoms with Crippen LogP contribution in [0.15, 0.2) is 47.9 Å². The first kappa shape index (κ1) is 16.3. The molecule has 5 heterocycles. The number of halogens is 1. The maximum absolute atomic E-state index is 4.80. The van der Waals surface area contributed by atoms with E-state index < -0.39 is 0 Å². The number of nitrogens with one attached hydrogen (secondary N) is 2. The first-order chi connectivity index (χ1) is 13.3. The smallest absolute Gasteiger partial charge is 0.180 e. The van der Waals surface area contributed by atoms with Gasteiger partial charge in [-0.3, -0.25) is 9.50 Å². The summed E-state index contributed by atoms with van der Waals surface area (Å²) in [5.41, 5.74) is 2.73. The molecule has 27 heavy (non-hydrogen) atoms. The van der Waals surface area contributed by atoms with Crippen molar-refractivity contribution in [1.82, 2.24) is 39.9 Å². The Kier molecular flexibility index (Phi) is 4.06. The van der Waals surface area contributed by atoms with Gasteiger partial charge in [-0.2, -0.15) is 5.10 Å². The zero-order valence-corrected chi connectivity index (χ0v) is 15.8. The molecule has 136 valence electrons. The average molecular weight is 426 g/mol. The minimum Gasteiger partial charge on any atom is -0.353 e. The van der Waals surface area contributed by atoms with E-state index in [1.807, 2.05) is 29.1 Å². The number of rotatable bonds is 3. The van der Waals surface area contributed by atoms with Crippen LogP contribution in [-0.4, -0.2) is 54.2 Å². The molecule has 1 atom stereocenters. The maximum atomic E-state index is 4.80. The van der Waals surface area contributed by atoms with E-state index in [9.17, 15) is 0 Å². The Morgan fingerprint density at radius 3 is 3.00 bits per heavy atom. The second-order valence-corrected chi connectivity index (χ2v) is 7.12. The zero-order valence-electron chi connectivity index (χ0n) is 14.2. The normalized spacial score (nSPS) is 17.5. The van der Waals surface area contributed by atoms with Gasteiger partial charge in [-0.1, -0.05) is 0 Å². The van der Waals surface area contributed by atoms with Gasteiger partial charge in [0.2, 0.25) is 0 Å². The Labute approximate surface area is 163 Å². The van der Waals surface area contributed by atoms with Crippen LogP contribution in [0.25, 0.3) is 17.2 Å². The lowest BCUT2D eigenvalue weighted by atomic mass is 10.1. The summed E-state index contributed by atoms with van der Waals surface area (Å²) in [6, 6.07) is 2.16. The van der Waals surface area contributed by atoms with E-state index in [4.69, 9.17) is 4.98 Å². The maximum Gasteiger partial charge on any atom is 0.180 e. The molecule has 1 aliphatic rings. The summed E-state index contributed by atoms with van der Waals surface area (Å²) in [5.74, 6) is 1.54. The monoisotopic (exact) mass is 425 g/mol. The molecule has 1 unspecified atom stereocenters. The SMILES string of the molecule is Brc1cn2c(-c3nccc(N4CCNC(c5cn[nH]c5)C4)n3)cnc2cn1. The highest BCUT2D eigenvalue weighted by Crippen LogP contribution is 2.23. The number of imidazole rings is 1. The molecule has 4 aromatic heterocycles. The van der Waals surface area contributed by atoms with E-state index in [1.54, 1.807) is 18.6 Å². The van der Waals surface area contributed by atoms with Gasteiger partial charge in [-0.15, -0.1) is 0 Å². The average Bonchev–Trinajstić information content (AvgIpc) is 3.38. The Hall–Kier alpha value is -2.85. The molecule has 4 aromatic rings. The van der Waals surface area contributed by atoms with Gasteiger partial charge in [-0.05, 0) is 22.0 Å². The fourth-order valence-corrected chi connectivity index (χ4v) is 3.62. The third-order valence-corrected chi connectivity index (χ3v) is 5.07. The van der Waals surface area contributed by atoms with Crippen molar-refractivity contribution in [3.63, 3.8) is 0 Å². The largest absolute Gasteiger partial charge is 0.353 e. The predicted molar refractivity (Wildman–Crippen MR) is 103 cm³/mol. The summed E-state index contributed by atoms with van der Waals surface area (Å²) in [6.07, 6.45) is 10.9. The topological polar surface area (TPSA) is 99.9 Å². The number of nitrogens with zero attached hydrogens (tertiary/aromatic N) is 7. The number of H-pyrrole nitrogens is 1. The fraction of sp³-hybridized carbons (Fsp3) is 0.235. The Balaban J connectivity index is 1.47. The number of hydrogen-bond acceptors (Lipinski definition) is 7. The number of anilines is 1. The summed E-state index contributed by atoms with van der Waals surface area (Å²) in [4.78, 5) is 20.1. The lowest BCUT2D eigenvalue weighted by Gasteiger charge is -2.34. The summed E-state index contributed by atoms with van der Waals surface area (Å²) in [5, 5.41) is 10.5. The molecule has 0 aliphatic carbocycles. The summed E-state index contributed by atoms with van der Waals surface area (Å²) < 4.78 is 2.66. The highest BCUT2D eigenvalue weighted by atomic mass is 79.9. The molecule has 1 fully saturated rings. The molecule has 0 bridgehead atoms. The lowest BCUT2D eigenvalue weighted by molar-refractivity contribution is 0.469. The van der Waals surface area contributed by atoms with E-state index in [1.165, 1.54) is 0 Å². The second-order valence-electron chi connectivity index (χ2n) is 6.30. The summed E-state index contributed by atoms with van der Waals surface area (Å²) in [7, 11) is 0. The molecule has 0 spiro atoms. The molecule has 1 saturated heterocycles. The van der Waals surface area contributed by atoms with E-state index in [0.29, 0.717) is 5.82 Å². The Morgan fingerprint density at radius 1 is 1.15 bits per heavy atom. The molecule has 0 aromatic carbocycles. The van der Waals surface area contributed by atoms with Crippen molar-refractivity contribution in [2.24, 2.45) is 0 Å². The molecule has 10 heteroatoms. The molecule has 2 N–H and O–H groups in total. The molecule has 1 aliphatic heterocycles. The van der Waals surface area contributed by atoms with E-state index in [0.717, 1.165) is 47.0 Å². The van der Waals surface area contributed by atoms with Crippen molar-refractivity contribution in [2.75, 3.05) is 24.5 Å². The standard InChI is InChI=1S/C17H16BrN9/c18-14-10-27-13(7-22-16(27)8-21-14)17-20-2-1-15(25-17)26-4-3-19-12(9-26)11-5-23-24-6-11/h1-2,5-8,10,12,19H,3-4,9H2,(H,23,24). The van der Waals surface area contributed by atoms with Gasteiger partial charge in [0.1, 0.15) is 16.1 Å². The van der Waals surface area contributed by atoms with Crippen molar-refractivity contribution in [1.29, 1.82) is 0 Å². The van der Waals surface area contributed by atoms with Crippen LogP contribution < -0.4 is 10.2 Å². The minimum atomic E-state index is 0.216. The lowest BCUT2D eigenvalue weighted by Crippen LogP contribution is -2.46. The third-order valence-electron chi connectivity index (χ3n) is 4.66.